The van der Waals surface area contributed by atoms with Gasteiger partial charge in [-0.3, -0.25) is 19.9 Å². The van der Waals surface area contributed by atoms with Gasteiger partial charge >= 0.3 is 0 Å². The minimum Gasteiger partial charge on any atom is -0.494 e. The summed E-state index contributed by atoms with van der Waals surface area (Å²) in [6.45, 7) is 4.01. The Morgan fingerprint density at radius 3 is 2.68 bits per heavy atom. The van der Waals surface area contributed by atoms with Crippen molar-refractivity contribution in [2.75, 3.05) is 11.9 Å². The summed E-state index contributed by atoms with van der Waals surface area (Å²) in [5.74, 6) is 0.364. The van der Waals surface area contributed by atoms with Crippen molar-refractivity contribution in [3.05, 3.63) is 40.7 Å². The van der Waals surface area contributed by atoms with Gasteiger partial charge in [0, 0.05) is 11.6 Å². The van der Waals surface area contributed by atoms with Gasteiger partial charge in [-0.15, -0.1) is 11.6 Å². The van der Waals surface area contributed by atoms with E-state index in [0.717, 1.165) is 11.3 Å². The highest BCUT2D eigenvalue weighted by Gasteiger charge is 2.12. The monoisotopic (exact) mass is 321 g/mol. The predicted molar refractivity (Wildman–Crippen MR) is 85.4 cm³/mol. The third kappa shape index (κ3) is 4.08. The number of benzene rings is 1. The number of rotatable bonds is 5. The van der Waals surface area contributed by atoms with Crippen molar-refractivity contribution in [1.82, 2.24) is 9.97 Å². The fourth-order valence-corrected chi connectivity index (χ4v) is 1.82. The SMILES string of the molecule is CCOc1ccc(-c2cc(=O)[nH]c(NC(=O)C(C)Cl)n2)cc1. The molecule has 0 aliphatic heterocycles. The van der Waals surface area contributed by atoms with Crippen LogP contribution in [0, 0.1) is 0 Å². The van der Waals surface area contributed by atoms with Gasteiger partial charge in [-0.05, 0) is 38.1 Å². The Kier molecular flexibility index (Phi) is 5.16. The topological polar surface area (TPSA) is 84.1 Å². The number of nitrogens with one attached hydrogen (secondary N) is 2. The van der Waals surface area contributed by atoms with Crippen LogP contribution in [0.5, 0.6) is 5.75 Å². The Hall–Kier alpha value is -2.34. The maximum Gasteiger partial charge on any atom is 0.252 e. The minimum absolute atomic E-state index is 0.0638. The van der Waals surface area contributed by atoms with Gasteiger partial charge in [-0.2, -0.15) is 0 Å². The van der Waals surface area contributed by atoms with Crippen LogP contribution >= 0.6 is 11.6 Å². The van der Waals surface area contributed by atoms with Crippen LogP contribution in [-0.2, 0) is 4.79 Å². The molecule has 0 radical (unpaired) electrons. The lowest BCUT2D eigenvalue weighted by Gasteiger charge is -2.08. The maximum absolute atomic E-state index is 11.7. The molecule has 0 aliphatic carbocycles. The fourth-order valence-electron chi connectivity index (χ4n) is 1.77. The molecule has 0 saturated heterocycles. The van der Waals surface area contributed by atoms with E-state index in [1.807, 2.05) is 6.92 Å². The van der Waals surface area contributed by atoms with Crippen molar-refractivity contribution in [3.63, 3.8) is 0 Å². The van der Waals surface area contributed by atoms with Gasteiger partial charge in [0.2, 0.25) is 11.9 Å². The van der Waals surface area contributed by atoms with Crippen LogP contribution in [0.25, 0.3) is 11.3 Å². The predicted octanol–water partition coefficient (Wildman–Crippen LogP) is 2.40. The standard InChI is InChI=1S/C15H16ClN3O3/c1-3-22-11-6-4-10(5-7-11)12-8-13(20)18-15(17-12)19-14(21)9(2)16/h4-9H,3H2,1-2H3,(H2,17,18,19,20,21). The number of nitrogens with zero attached hydrogens (tertiary/aromatic N) is 1. The minimum atomic E-state index is -0.723. The molecule has 1 aromatic heterocycles. The van der Waals surface area contributed by atoms with Crippen LogP contribution in [-0.4, -0.2) is 27.9 Å². The van der Waals surface area contributed by atoms with E-state index in [2.05, 4.69) is 15.3 Å². The molecule has 1 heterocycles. The molecule has 1 amide bonds. The van der Waals surface area contributed by atoms with Gasteiger partial charge in [0.25, 0.3) is 5.56 Å². The molecule has 7 heteroatoms. The molecule has 0 fully saturated rings. The van der Waals surface area contributed by atoms with E-state index in [-0.39, 0.29) is 11.5 Å². The molecule has 1 aromatic carbocycles. The number of ether oxygens (including phenoxy) is 1. The van der Waals surface area contributed by atoms with Crippen molar-refractivity contribution in [2.45, 2.75) is 19.2 Å². The number of aromatic nitrogens is 2. The lowest BCUT2D eigenvalue weighted by atomic mass is 10.1. The zero-order chi connectivity index (χ0) is 16.1. The summed E-state index contributed by atoms with van der Waals surface area (Å²) >= 11 is 5.68. The smallest absolute Gasteiger partial charge is 0.252 e. The second-order valence-electron chi connectivity index (χ2n) is 4.54. The number of carbonyl (C=O) groups is 1. The van der Waals surface area contributed by atoms with E-state index in [1.54, 1.807) is 24.3 Å². The molecule has 0 saturated carbocycles. The van der Waals surface area contributed by atoms with Gasteiger partial charge in [-0.1, -0.05) is 0 Å². The first-order valence-electron chi connectivity index (χ1n) is 6.79. The zero-order valence-electron chi connectivity index (χ0n) is 12.2. The van der Waals surface area contributed by atoms with E-state index in [9.17, 15) is 9.59 Å². The summed E-state index contributed by atoms with van der Waals surface area (Å²) < 4.78 is 5.36. The number of hydrogen-bond donors (Lipinski definition) is 2. The Labute approximate surface area is 132 Å². The van der Waals surface area contributed by atoms with Crippen LogP contribution in [0.15, 0.2) is 35.1 Å². The molecule has 2 aromatic rings. The highest BCUT2D eigenvalue weighted by atomic mass is 35.5. The fraction of sp³-hybridized carbons (Fsp3) is 0.267. The summed E-state index contributed by atoms with van der Waals surface area (Å²) in [4.78, 5) is 29.9. The van der Waals surface area contributed by atoms with Crippen molar-refractivity contribution in [2.24, 2.45) is 0 Å². The number of alkyl halides is 1. The highest BCUT2D eigenvalue weighted by Crippen LogP contribution is 2.20. The normalized spacial score (nSPS) is 11.8. The lowest BCUT2D eigenvalue weighted by molar-refractivity contribution is -0.115. The van der Waals surface area contributed by atoms with Crippen LogP contribution in [0.3, 0.4) is 0 Å². The summed E-state index contributed by atoms with van der Waals surface area (Å²) in [7, 11) is 0. The largest absolute Gasteiger partial charge is 0.494 e. The molecular formula is C15H16ClN3O3. The molecular weight excluding hydrogens is 306 g/mol. The van der Waals surface area contributed by atoms with Crippen molar-refractivity contribution in [1.29, 1.82) is 0 Å². The van der Waals surface area contributed by atoms with Crippen LogP contribution in [0.4, 0.5) is 5.95 Å². The van der Waals surface area contributed by atoms with Crippen molar-refractivity contribution in [3.8, 4) is 17.0 Å². The van der Waals surface area contributed by atoms with E-state index >= 15 is 0 Å². The second-order valence-corrected chi connectivity index (χ2v) is 5.20. The Bertz CT molecular complexity index is 711. The third-order valence-electron chi connectivity index (χ3n) is 2.81. The van der Waals surface area contributed by atoms with Crippen LogP contribution in [0.1, 0.15) is 13.8 Å². The molecule has 2 N–H and O–H groups in total. The number of H-pyrrole nitrogens is 1. The van der Waals surface area contributed by atoms with E-state index in [4.69, 9.17) is 16.3 Å². The molecule has 0 aliphatic rings. The summed E-state index contributed by atoms with van der Waals surface area (Å²) in [6.07, 6.45) is 0. The number of anilines is 1. The molecule has 116 valence electrons. The molecule has 1 atom stereocenters. The van der Waals surface area contributed by atoms with Crippen LogP contribution < -0.4 is 15.6 Å². The van der Waals surface area contributed by atoms with Crippen molar-refractivity contribution >= 4 is 23.5 Å². The van der Waals surface area contributed by atoms with E-state index in [1.165, 1.54) is 13.0 Å². The number of hydrogen-bond acceptors (Lipinski definition) is 4. The average Bonchev–Trinajstić information content (AvgIpc) is 2.47. The number of carbonyl (C=O) groups excluding carboxylic acids is 1. The Morgan fingerprint density at radius 2 is 2.09 bits per heavy atom. The quantitative estimate of drug-likeness (QED) is 0.828. The summed E-state index contributed by atoms with van der Waals surface area (Å²) in [5, 5.41) is 1.74. The van der Waals surface area contributed by atoms with Gasteiger partial charge in [0.05, 0.1) is 12.3 Å². The maximum atomic E-state index is 11.7. The lowest BCUT2D eigenvalue weighted by Crippen LogP contribution is -2.23. The van der Waals surface area contributed by atoms with E-state index < -0.39 is 11.3 Å². The van der Waals surface area contributed by atoms with E-state index in [0.29, 0.717) is 12.3 Å². The average molecular weight is 322 g/mol. The molecule has 22 heavy (non-hydrogen) atoms. The molecule has 0 bridgehead atoms. The van der Waals surface area contributed by atoms with Gasteiger partial charge in [0.15, 0.2) is 0 Å². The number of aromatic amines is 1. The first-order chi connectivity index (χ1) is 10.5. The second kappa shape index (κ2) is 7.09. The Morgan fingerprint density at radius 1 is 1.41 bits per heavy atom. The number of amides is 1. The molecule has 1 unspecified atom stereocenters. The van der Waals surface area contributed by atoms with Gasteiger partial charge < -0.3 is 4.74 Å². The Balaban J connectivity index is 2.29. The van der Waals surface area contributed by atoms with Gasteiger partial charge in [0.1, 0.15) is 11.1 Å². The zero-order valence-corrected chi connectivity index (χ0v) is 13.0. The summed E-state index contributed by atoms with van der Waals surface area (Å²) in [5.41, 5.74) is 0.824. The first kappa shape index (κ1) is 16.0. The highest BCUT2D eigenvalue weighted by molar-refractivity contribution is 6.32. The van der Waals surface area contributed by atoms with Gasteiger partial charge in [-0.25, -0.2) is 4.98 Å². The third-order valence-corrected chi connectivity index (χ3v) is 3.00. The first-order valence-corrected chi connectivity index (χ1v) is 7.22. The van der Waals surface area contributed by atoms with Crippen LogP contribution in [0.2, 0.25) is 0 Å². The summed E-state index contributed by atoms with van der Waals surface area (Å²) in [6, 6.07) is 8.53. The molecule has 2 rings (SSSR count). The molecule has 0 spiro atoms. The van der Waals surface area contributed by atoms with Crippen molar-refractivity contribution < 1.29 is 9.53 Å². The number of halogens is 1. The molecule has 6 nitrogen and oxygen atoms in total.